The van der Waals surface area contributed by atoms with Gasteiger partial charge in [-0.1, -0.05) is 56.7 Å². The monoisotopic (exact) mass is 251 g/mol. The number of allylic oxidation sites excluding steroid dienone is 4. The van der Waals surface area contributed by atoms with E-state index in [-0.39, 0.29) is 0 Å². The third-order valence-corrected chi connectivity index (χ3v) is 3.92. The summed E-state index contributed by atoms with van der Waals surface area (Å²) >= 11 is 0. The molecule has 1 aliphatic carbocycles. The van der Waals surface area contributed by atoms with Crippen molar-refractivity contribution in [1.29, 1.82) is 5.26 Å². The van der Waals surface area contributed by atoms with E-state index in [4.69, 9.17) is 5.26 Å². The van der Waals surface area contributed by atoms with E-state index in [1.807, 2.05) is 12.2 Å². The molecule has 0 radical (unpaired) electrons. The minimum absolute atomic E-state index is 0.426. The van der Waals surface area contributed by atoms with Crippen LogP contribution >= 0.6 is 0 Å². The van der Waals surface area contributed by atoms with Gasteiger partial charge in [0.05, 0.1) is 6.07 Å². The lowest BCUT2D eigenvalue weighted by Gasteiger charge is -2.15. The molecule has 0 saturated heterocycles. The topological polar surface area (TPSA) is 23.8 Å². The highest BCUT2D eigenvalue weighted by Gasteiger charge is 2.11. The van der Waals surface area contributed by atoms with Crippen LogP contribution in [-0.2, 0) is 6.42 Å². The summed E-state index contributed by atoms with van der Waals surface area (Å²) in [6.07, 6.45) is 9.43. The predicted molar refractivity (Wildman–Crippen MR) is 79.8 cm³/mol. The molecule has 0 saturated carbocycles. The van der Waals surface area contributed by atoms with Gasteiger partial charge in [0, 0.05) is 11.5 Å². The summed E-state index contributed by atoms with van der Waals surface area (Å²) in [7, 11) is 0. The molecule has 0 spiro atoms. The van der Waals surface area contributed by atoms with E-state index in [1.54, 1.807) is 0 Å². The maximum Gasteiger partial charge on any atom is 0.0988 e. The lowest BCUT2D eigenvalue weighted by atomic mass is 9.89. The third-order valence-electron chi connectivity index (χ3n) is 3.92. The van der Waals surface area contributed by atoms with Crippen LogP contribution in [0.25, 0.3) is 0 Å². The van der Waals surface area contributed by atoms with E-state index >= 15 is 0 Å². The Morgan fingerprint density at radius 3 is 2.58 bits per heavy atom. The lowest BCUT2D eigenvalue weighted by Crippen LogP contribution is -2.00. The molecular weight excluding hydrogens is 230 g/mol. The van der Waals surface area contributed by atoms with Crippen LogP contribution in [0.1, 0.15) is 43.7 Å². The van der Waals surface area contributed by atoms with Gasteiger partial charge in [0.1, 0.15) is 0 Å². The second-order valence-corrected chi connectivity index (χ2v) is 5.43. The van der Waals surface area contributed by atoms with Gasteiger partial charge >= 0.3 is 0 Å². The molecule has 2 atom stereocenters. The molecule has 19 heavy (non-hydrogen) atoms. The highest BCUT2D eigenvalue weighted by molar-refractivity contribution is 5.40. The van der Waals surface area contributed by atoms with Crippen molar-refractivity contribution in [3.63, 3.8) is 0 Å². The van der Waals surface area contributed by atoms with Crippen LogP contribution in [0.3, 0.4) is 0 Å². The van der Waals surface area contributed by atoms with Crippen molar-refractivity contribution in [3.8, 4) is 6.07 Å². The van der Waals surface area contributed by atoms with E-state index in [9.17, 15) is 0 Å². The van der Waals surface area contributed by atoms with Crippen LogP contribution in [-0.4, -0.2) is 0 Å². The second kappa shape index (κ2) is 6.38. The van der Waals surface area contributed by atoms with Crippen LogP contribution in [0.4, 0.5) is 0 Å². The Bertz CT molecular complexity index is 514. The molecule has 0 aliphatic heterocycles. The van der Waals surface area contributed by atoms with Crippen molar-refractivity contribution < 1.29 is 0 Å². The summed E-state index contributed by atoms with van der Waals surface area (Å²) in [6, 6.07) is 11.2. The summed E-state index contributed by atoms with van der Waals surface area (Å²) in [5.74, 6) is 1.18. The molecule has 0 aromatic heterocycles. The van der Waals surface area contributed by atoms with Gasteiger partial charge in [-0.05, 0) is 36.0 Å². The number of nitriles is 1. The molecule has 1 aromatic rings. The maximum absolute atomic E-state index is 8.82. The van der Waals surface area contributed by atoms with Gasteiger partial charge in [0.25, 0.3) is 0 Å². The third kappa shape index (κ3) is 3.58. The Labute approximate surface area is 116 Å². The molecule has 1 nitrogen and oxygen atoms in total. The van der Waals surface area contributed by atoms with Crippen LogP contribution in [0.2, 0.25) is 0 Å². The Balaban J connectivity index is 2.02. The van der Waals surface area contributed by atoms with E-state index in [1.165, 1.54) is 17.5 Å². The molecule has 0 heterocycles. The first-order valence-corrected chi connectivity index (χ1v) is 7.10. The maximum atomic E-state index is 8.82. The summed E-state index contributed by atoms with van der Waals surface area (Å²) < 4.78 is 0. The quantitative estimate of drug-likeness (QED) is 0.756. The van der Waals surface area contributed by atoms with E-state index in [0.717, 1.165) is 24.3 Å². The average molecular weight is 251 g/mol. The van der Waals surface area contributed by atoms with E-state index in [0.29, 0.717) is 5.92 Å². The first-order chi connectivity index (χ1) is 9.22. The zero-order chi connectivity index (χ0) is 13.7. The minimum Gasteiger partial charge on any atom is -0.192 e. The van der Waals surface area contributed by atoms with Gasteiger partial charge in [-0.15, -0.1) is 0 Å². The molecule has 1 aromatic carbocycles. The van der Waals surface area contributed by atoms with Gasteiger partial charge in [-0.3, -0.25) is 0 Å². The fraction of sp³-hybridized carbons (Fsp3) is 0.389. The zero-order valence-corrected chi connectivity index (χ0v) is 11.8. The largest absolute Gasteiger partial charge is 0.192 e. The normalized spacial score (nSPS) is 19.6. The average Bonchev–Trinajstić information content (AvgIpc) is 2.48. The zero-order valence-electron chi connectivity index (χ0n) is 11.8. The molecule has 0 N–H and O–H groups in total. The Morgan fingerprint density at radius 2 is 2.05 bits per heavy atom. The van der Waals surface area contributed by atoms with Gasteiger partial charge in [0.15, 0.2) is 0 Å². The first kappa shape index (κ1) is 13.6. The summed E-state index contributed by atoms with van der Waals surface area (Å²) in [6.45, 7) is 4.54. The van der Waals surface area contributed by atoms with Crippen molar-refractivity contribution in [2.24, 2.45) is 5.92 Å². The van der Waals surface area contributed by atoms with Gasteiger partial charge in [-0.25, -0.2) is 0 Å². The van der Waals surface area contributed by atoms with Gasteiger partial charge in [-0.2, -0.15) is 5.26 Å². The molecular formula is C18H21N. The Kier molecular flexibility index (Phi) is 4.58. The van der Waals surface area contributed by atoms with Gasteiger partial charge in [0.2, 0.25) is 0 Å². The molecule has 0 fully saturated rings. The lowest BCUT2D eigenvalue weighted by molar-refractivity contribution is 0.560. The molecule has 0 amide bonds. The predicted octanol–water partition coefficient (Wildman–Crippen LogP) is 4.77. The van der Waals surface area contributed by atoms with Crippen LogP contribution in [0, 0.1) is 17.2 Å². The minimum atomic E-state index is 0.426. The molecule has 98 valence electrons. The van der Waals surface area contributed by atoms with Crippen molar-refractivity contribution in [1.82, 2.24) is 0 Å². The van der Waals surface area contributed by atoms with Crippen LogP contribution in [0.15, 0.2) is 48.1 Å². The molecule has 2 rings (SSSR count). The molecule has 2 unspecified atom stereocenters. The van der Waals surface area contributed by atoms with Gasteiger partial charge < -0.3 is 0 Å². The Hall–Kier alpha value is -1.81. The number of rotatable bonds is 4. The van der Waals surface area contributed by atoms with Crippen LogP contribution in [0.5, 0.6) is 0 Å². The molecule has 0 bridgehead atoms. The Morgan fingerprint density at radius 1 is 1.32 bits per heavy atom. The van der Waals surface area contributed by atoms with Crippen molar-refractivity contribution in [2.75, 3.05) is 0 Å². The highest BCUT2D eigenvalue weighted by Crippen LogP contribution is 2.27. The molecule has 1 heteroatoms. The summed E-state index contributed by atoms with van der Waals surface area (Å²) in [5, 5.41) is 8.82. The number of benzene rings is 1. The SMILES string of the molecule is CCC(C)Cc1ccc(C2C=CC(C#N)=CC2)cc1. The fourth-order valence-electron chi connectivity index (χ4n) is 2.40. The van der Waals surface area contributed by atoms with E-state index in [2.05, 4.69) is 50.3 Å². The number of hydrogen-bond donors (Lipinski definition) is 0. The van der Waals surface area contributed by atoms with Crippen molar-refractivity contribution in [2.45, 2.75) is 39.0 Å². The fourth-order valence-corrected chi connectivity index (χ4v) is 2.40. The number of nitrogens with zero attached hydrogens (tertiary/aromatic N) is 1. The second-order valence-electron chi connectivity index (χ2n) is 5.43. The first-order valence-electron chi connectivity index (χ1n) is 7.10. The highest BCUT2D eigenvalue weighted by atomic mass is 14.2. The van der Waals surface area contributed by atoms with Crippen LogP contribution < -0.4 is 0 Å². The smallest absolute Gasteiger partial charge is 0.0988 e. The van der Waals surface area contributed by atoms with Crippen molar-refractivity contribution >= 4 is 0 Å². The van der Waals surface area contributed by atoms with Crippen molar-refractivity contribution in [3.05, 3.63) is 59.2 Å². The summed E-state index contributed by atoms with van der Waals surface area (Å²) in [4.78, 5) is 0. The molecule has 1 aliphatic rings. The number of hydrogen-bond acceptors (Lipinski definition) is 1. The van der Waals surface area contributed by atoms with E-state index < -0.39 is 0 Å². The summed E-state index contributed by atoms with van der Waals surface area (Å²) in [5.41, 5.74) is 3.55. The standard InChI is InChI=1S/C18H21N/c1-3-14(2)12-15-4-8-17(9-5-15)18-10-6-16(13-19)7-11-18/h4-10,14,18H,3,11-12H2,1-2H3.